The zero-order valence-electron chi connectivity index (χ0n) is 9.84. The first-order valence-corrected chi connectivity index (χ1v) is 5.41. The van der Waals surface area contributed by atoms with Crippen molar-refractivity contribution in [2.24, 2.45) is 5.84 Å². The number of aliphatic hydroxyl groups excluding tert-OH is 1. The minimum atomic E-state index is -0.525. The second-order valence-electron chi connectivity index (χ2n) is 3.83. The molecule has 3 N–H and O–H groups in total. The maximum absolute atomic E-state index is 10.1. The molecule has 0 saturated carbocycles. The Morgan fingerprint density at radius 2 is 1.88 bits per heavy atom. The van der Waals surface area contributed by atoms with Crippen LogP contribution in [0.15, 0.2) is 30.3 Å². The van der Waals surface area contributed by atoms with E-state index < -0.39 is 6.10 Å². The molecule has 3 nitrogen and oxygen atoms in total. The van der Waals surface area contributed by atoms with Crippen LogP contribution in [0.2, 0.25) is 0 Å². The molecule has 0 spiro atoms. The molecule has 1 rings (SSSR count). The topological polar surface area (TPSA) is 49.5 Å². The summed E-state index contributed by atoms with van der Waals surface area (Å²) in [7, 11) is 0. The Labute approximate surface area is 104 Å². The molecule has 16 heavy (non-hydrogen) atoms. The van der Waals surface area contributed by atoms with Crippen LogP contribution in [0.25, 0.3) is 0 Å². The number of hydrogen-bond donors (Lipinski definition) is 2. The highest BCUT2D eigenvalue weighted by atomic mass is 35.5. The Kier molecular flexibility index (Phi) is 7.34. The van der Waals surface area contributed by atoms with Crippen molar-refractivity contribution in [1.82, 2.24) is 5.01 Å². The van der Waals surface area contributed by atoms with Crippen LogP contribution in [0.4, 0.5) is 0 Å². The van der Waals surface area contributed by atoms with Gasteiger partial charge in [0.2, 0.25) is 0 Å². The highest BCUT2D eigenvalue weighted by Crippen LogP contribution is 2.18. The molecular formula is C12H21ClN2O. The Hall–Kier alpha value is -0.610. The number of aliphatic hydroxyl groups is 1. The van der Waals surface area contributed by atoms with Gasteiger partial charge in [0.05, 0.1) is 12.1 Å². The molecule has 0 aliphatic rings. The van der Waals surface area contributed by atoms with Crippen LogP contribution in [0.1, 0.15) is 31.9 Å². The van der Waals surface area contributed by atoms with E-state index in [1.807, 2.05) is 37.3 Å². The minimum absolute atomic E-state index is 0. The largest absolute Gasteiger partial charge is 0.387 e. The average Bonchev–Trinajstić information content (AvgIpc) is 2.28. The summed E-state index contributed by atoms with van der Waals surface area (Å²) >= 11 is 0. The number of benzene rings is 1. The standard InChI is InChI=1S/C12H20N2O.ClH/c1-3-9-14(13)10(2)12(15)11-7-5-4-6-8-11;/h4-8,10,12,15H,3,9,13H2,1-2H3;1H/t10-,12?;/m1./s1. The van der Waals surface area contributed by atoms with Crippen LogP contribution in [0.5, 0.6) is 0 Å². The lowest BCUT2D eigenvalue weighted by atomic mass is 10.0. The Morgan fingerprint density at radius 1 is 1.31 bits per heavy atom. The molecule has 0 bridgehead atoms. The van der Waals surface area contributed by atoms with Crippen LogP contribution >= 0.6 is 12.4 Å². The Morgan fingerprint density at radius 3 is 2.38 bits per heavy atom. The molecule has 0 fully saturated rings. The molecule has 1 aromatic rings. The van der Waals surface area contributed by atoms with E-state index in [0.717, 1.165) is 18.5 Å². The molecule has 0 radical (unpaired) electrons. The number of hydrogen-bond acceptors (Lipinski definition) is 3. The Balaban J connectivity index is 0.00000225. The quantitative estimate of drug-likeness (QED) is 0.616. The van der Waals surface area contributed by atoms with Gasteiger partial charge >= 0.3 is 0 Å². The van der Waals surface area contributed by atoms with Crippen LogP contribution in [0.3, 0.4) is 0 Å². The molecular weight excluding hydrogens is 224 g/mol. The molecule has 0 amide bonds. The first-order valence-electron chi connectivity index (χ1n) is 5.41. The van der Waals surface area contributed by atoms with E-state index in [1.165, 1.54) is 0 Å². The highest BCUT2D eigenvalue weighted by molar-refractivity contribution is 5.85. The molecule has 1 unspecified atom stereocenters. The summed E-state index contributed by atoms with van der Waals surface area (Å²) in [6, 6.07) is 9.56. The monoisotopic (exact) mass is 244 g/mol. The van der Waals surface area contributed by atoms with Gasteiger partial charge in [0, 0.05) is 6.54 Å². The maximum Gasteiger partial charge on any atom is 0.0956 e. The third-order valence-electron chi connectivity index (χ3n) is 2.60. The number of nitrogens with zero attached hydrogens (tertiary/aromatic N) is 1. The molecule has 1 aromatic carbocycles. The van der Waals surface area contributed by atoms with Gasteiger partial charge in [0.15, 0.2) is 0 Å². The fraction of sp³-hybridized carbons (Fsp3) is 0.500. The van der Waals surface area contributed by atoms with Crippen molar-refractivity contribution in [2.75, 3.05) is 6.54 Å². The number of halogens is 1. The molecule has 4 heteroatoms. The van der Waals surface area contributed by atoms with Gasteiger partial charge < -0.3 is 5.11 Å². The SMILES string of the molecule is CCCN(N)[C@H](C)C(O)c1ccccc1.Cl. The molecule has 0 heterocycles. The summed E-state index contributed by atoms with van der Waals surface area (Å²) in [5, 5.41) is 11.8. The summed E-state index contributed by atoms with van der Waals surface area (Å²) < 4.78 is 0. The smallest absolute Gasteiger partial charge is 0.0956 e. The van der Waals surface area contributed by atoms with E-state index in [1.54, 1.807) is 5.01 Å². The second-order valence-corrected chi connectivity index (χ2v) is 3.83. The van der Waals surface area contributed by atoms with Gasteiger partial charge in [-0.3, -0.25) is 5.84 Å². The normalized spacial score (nSPS) is 14.3. The first kappa shape index (κ1) is 15.4. The van der Waals surface area contributed by atoms with E-state index in [9.17, 15) is 5.11 Å². The van der Waals surface area contributed by atoms with Gasteiger partial charge in [0.25, 0.3) is 0 Å². The molecule has 0 aromatic heterocycles. The van der Waals surface area contributed by atoms with Crippen molar-refractivity contribution in [3.63, 3.8) is 0 Å². The van der Waals surface area contributed by atoms with Crippen LogP contribution in [0, 0.1) is 0 Å². The van der Waals surface area contributed by atoms with Gasteiger partial charge in [-0.25, -0.2) is 5.01 Å². The first-order chi connectivity index (χ1) is 7.16. The predicted molar refractivity (Wildman–Crippen MR) is 69.3 cm³/mol. The molecule has 0 saturated heterocycles. The van der Waals surface area contributed by atoms with Gasteiger partial charge in [-0.1, -0.05) is 37.3 Å². The fourth-order valence-corrected chi connectivity index (χ4v) is 1.57. The van der Waals surface area contributed by atoms with E-state index >= 15 is 0 Å². The Bertz CT molecular complexity index is 282. The van der Waals surface area contributed by atoms with Crippen LogP contribution in [-0.2, 0) is 0 Å². The van der Waals surface area contributed by atoms with Gasteiger partial charge in [0.1, 0.15) is 0 Å². The second kappa shape index (κ2) is 7.63. The van der Waals surface area contributed by atoms with Crippen molar-refractivity contribution in [1.29, 1.82) is 0 Å². The minimum Gasteiger partial charge on any atom is -0.387 e. The maximum atomic E-state index is 10.1. The van der Waals surface area contributed by atoms with Gasteiger partial charge in [-0.2, -0.15) is 0 Å². The molecule has 0 aliphatic heterocycles. The van der Waals surface area contributed by atoms with Gasteiger partial charge in [-0.15, -0.1) is 12.4 Å². The molecule has 92 valence electrons. The van der Waals surface area contributed by atoms with Crippen molar-refractivity contribution in [3.05, 3.63) is 35.9 Å². The summed E-state index contributed by atoms with van der Waals surface area (Å²) in [6.45, 7) is 4.81. The zero-order valence-corrected chi connectivity index (χ0v) is 10.7. The average molecular weight is 245 g/mol. The van der Waals surface area contributed by atoms with Gasteiger partial charge in [-0.05, 0) is 18.9 Å². The van der Waals surface area contributed by atoms with Crippen molar-refractivity contribution in [2.45, 2.75) is 32.4 Å². The van der Waals surface area contributed by atoms with Crippen LogP contribution in [-0.4, -0.2) is 22.7 Å². The van der Waals surface area contributed by atoms with Crippen molar-refractivity contribution >= 4 is 12.4 Å². The molecule has 2 atom stereocenters. The summed E-state index contributed by atoms with van der Waals surface area (Å²) in [4.78, 5) is 0. The lowest BCUT2D eigenvalue weighted by Crippen LogP contribution is -2.43. The number of rotatable bonds is 5. The third-order valence-corrected chi connectivity index (χ3v) is 2.60. The summed E-state index contributed by atoms with van der Waals surface area (Å²) in [6.07, 6.45) is 0.463. The third kappa shape index (κ3) is 4.10. The summed E-state index contributed by atoms with van der Waals surface area (Å²) in [5.74, 6) is 5.84. The van der Waals surface area contributed by atoms with E-state index in [-0.39, 0.29) is 18.4 Å². The van der Waals surface area contributed by atoms with E-state index in [2.05, 4.69) is 6.92 Å². The van der Waals surface area contributed by atoms with Crippen molar-refractivity contribution < 1.29 is 5.11 Å². The predicted octanol–water partition coefficient (Wildman–Crippen LogP) is 2.12. The summed E-state index contributed by atoms with van der Waals surface area (Å²) in [5.41, 5.74) is 0.913. The lowest BCUT2D eigenvalue weighted by Gasteiger charge is -2.28. The van der Waals surface area contributed by atoms with E-state index in [4.69, 9.17) is 5.84 Å². The van der Waals surface area contributed by atoms with Crippen molar-refractivity contribution in [3.8, 4) is 0 Å². The van der Waals surface area contributed by atoms with Crippen LogP contribution < -0.4 is 5.84 Å². The zero-order chi connectivity index (χ0) is 11.3. The lowest BCUT2D eigenvalue weighted by molar-refractivity contribution is 0.0577. The van der Waals surface area contributed by atoms with E-state index in [0.29, 0.717) is 0 Å². The number of nitrogens with two attached hydrogens (primary N) is 1. The number of hydrazine groups is 1. The fourth-order valence-electron chi connectivity index (χ4n) is 1.57. The molecule has 0 aliphatic carbocycles. The highest BCUT2D eigenvalue weighted by Gasteiger charge is 2.19.